The Morgan fingerprint density at radius 2 is 2.00 bits per heavy atom. The van der Waals surface area contributed by atoms with E-state index in [0.29, 0.717) is 6.42 Å². The summed E-state index contributed by atoms with van der Waals surface area (Å²) in [6, 6.07) is 9.09. The Kier molecular flexibility index (Phi) is 5.72. The minimum Gasteiger partial charge on any atom is -0.348 e. The summed E-state index contributed by atoms with van der Waals surface area (Å²) < 4.78 is 22.2. The fourth-order valence-electron chi connectivity index (χ4n) is 1.54. The zero-order valence-corrected chi connectivity index (χ0v) is 11.6. The van der Waals surface area contributed by atoms with E-state index in [0.717, 1.165) is 17.2 Å². The first-order chi connectivity index (χ1) is 8.90. The van der Waals surface area contributed by atoms with Crippen LogP contribution in [0.3, 0.4) is 0 Å². The van der Waals surface area contributed by atoms with Gasteiger partial charge in [0.15, 0.2) is 9.84 Å². The van der Waals surface area contributed by atoms with Crippen molar-refractivity contribution in [2.24, 2.45) is 5.73 Å². The lowest BCUT2D eigenvalue weighted by Crippen LogP contribution is -2.39. The normalized spacial score (nSPS) is 13.4. The molecular weight excluding hydrogens is 264 g/mol. The second-order valence-corrected chi connectivity index (χ2v) is 6.16. The predicted octanol–water partition coefficient (Wildman–Crippen LogP) is 0.231. The molecule has 0 bridgehead atoms. The number of amides is 1. The Bertz CT molecular complexity index is 538. The van der Waals surface area contributed by atoms with Crippen molar-refractivity contribution in [1.29, 1.82) is 0 Å². The molecule has 0 radical (unpaired) electrons. The molecule has 0 saturated carbocycles. The summed E-state index contributed by atoms with van der Waals surface area (Å²) in [7, 11) is -3.22. The number of hydrogen-bond donors (Lipinski definition) is 2. The number of nitrogens with two attached hydrogens (primary N) is 1. The summed E-state index contributed by atoms with van der Waals surface area (Å²) in [5.74, 6) is -0.320. The van der Waals surface area contributed by atoms with Crippen LogP contribution in [0.25, 0.3) is 0 Å². The SMILES string of the molecule is CS(=O)(=O)/C=C/C(Cc1ccccc1)NC(=O)CN. The van der Waals surface area contributed by atoms with Gasteiger partial charge in [-0.3, -0.25) is 4.79 Å². The Hall–Kier alpha value is -1.66. The van der Waals surface area contributed by atoms with Crippen molar-refractivity contribution in [3.63, 3.8) is 0 Å². The van der Waals surface area contributed by atoms with Crippen LogP contribution in [0.15, 0.2) is 41.8 Å². The molecule has 0 spiro atoms. The number of sulfone groups is 1. The van der Waals surface area contributed by atoms with Crippen molar-refractivity contribution in [3.05, 3.63) is 47.4 Å². The fourth-order valence-corrected chi connectivity index (χ4v) is 2.01. The zero-order valence-electron chi connectivity index (χ0n) is 10.7. The number of hydrogen-bond acceptors (Lipinski definition) is 4. The first-order valence-corrected chi connectivity index (χ1v) is 7.78. The molecule has 1 amide bonds. The van der Waals surface area contributed by atoms with Crippen LogP contribution in [0.5, 0.6) is 0 Å². The van der Waals surface area contributed by atoms with Gasteiger partial charge >= 0.3 is 0 Å². The molecule has 0 aromatic heterocycles. The van der Waals surface area contributed by atoms with Crippen LogP contribution in [0.2, 0.25) is 0 Å². The van der Waals surface area contributed by atoms with Crippen LogP contribution >= 0.6 is 0 Å². The smallest absolute Gasteiger partial charge is 0.234 e. The lowest BCUT2D eigenvalue weighted by atomic mass is 10.1. The van der Waals surface area contributed by atoms with Crippen LogP contribution in [-0.4, -0.2) is 33.2 Å². The van der Waals surface area contributed by atoms with E-state index < -0.39 is 15.9 Å². The van der Waals surface area contributed by atoms with Crippen LogP contribution < -0.4 is 11.1 Å². The largest absolute Gasteiger partial charge is 0.348 e. The van der Waals surface area contributed by atoms with Gasteiger partial charge in [-0.05, 0) is 12.0 Å². The van der Waals surface area contributed by atoms with E-state index in [1.165, 1.54) is 6.08 Å². The highest BCUT2D eigenvalue weighted by molar-refractivity contribution is 7.93. The van der Waals surface area contributed by atoms with Gasteiger partial charge in [-0.15, -0.1) is 0 Å². The number of nitrogens with one attached hydrogen (secondary N) is 1. The van der Waals surface area contributed by atoms with Gasteiger partial charge in [-0.1, -0.05) is 36.4 Å². The summed E-state index contributed by atoms with van der Waals surface area (Å²) >= 11 is 0. The number of rotatable bonds is 6. The van der Waals surface area contributed by atoms with Crippen molar-refractivity contribution >= 4 is 15.7 Å². The minimum atomic E-state index is -3.22. The topological polar surface area (TPSA) is 89.3 Å². The average Bonchev–Trinajstić information content (AvgIpc) is 2.36. The maximum Gasteiger partial charge on any atom is 0.234 e. The van der Waals surface area contributed by atoms with Crippen LogP contribution in [0, 0.1) is 0 Å². The monoisotopic (exact) mass is 282 g/mol. The number of benzene rings is 1. The zero-order chi connectivity index (χ0) is 14.3. The summed E-state index contributed by atoms with van der Waals surface area (Å²) in [5, 5.41) is 3.77. The Labute approximate surface area is 113 Å². The standard InChI is InChI=1S/C13H18N2O3S/c1-19(17,18)8-7-12(15-13(16)10-14)9-11-5-3-2-4-6-11/h2-8,12H,9-10,14H2,1H3,(H,15,16)/b8-7+. The molecule has 104 valence electrons. The molecule has 1 aromatic rings. The van der Waals surface area contributed by atoms with Gasteiger partial charge in [0.25, 0.3) is 0 Å². The lowest BCUT2D eigenvalue weighted by Gasteiger charge is -2.14. The van der Waals surface area contributed by atoms with Gasteiger partial charge < -0.3 is 11.1 Å². The van der Waals surface area contributed by atoms with E-state index in [9.17, 15) is 13.2 Å². The van der Waals surface area contributed by atoms with Gasteiger partial charge in [-0.25, -0.2) is 8.42 Å². The van der Waals surface area contributed by atoms with Gasteiger partial charge in [-0.2, -0.15) is 0 Å². The molecular formula is C13H18N2O3S. The van der Waals surface area contributed by atoms with Crippen LogP contribution in [0.4, 0.5) is 0 Å². The maximum atomic E-state index is 11.3. The third-order valence-electron chi connectivity index (χ3n) is 2.39. The minimum absolute atomic E-state index is 0.127. The van der Waals surface area contributed by atoms with E-state index in [1.807, 2.05) is 30.3 Å². The van der Waals surface area contributed by atoms with Crippen LogP contribution in [-0.2, 0) is 21.1 Å². The van der Waals surface area contributed by atoms with Gasteiger partial charge in [0.2, 0.25) is 5.91 Å². The number of carbonyl (C=O) groups is 1. The third kappa shape index (κ3) is 6.73. The molecule has 1 rings (SSSR count). The highest BCUT2D eigenvalue weighted by Crippen LogP contribution is 2.05. The average molecular weight is 282 g/mol. The Morgan fingerprint density at radius 3 is 2.53 bits per heavy atom. The fraction of sp³-hybridized carbons (Fsp3) is 0.308. The molecule has 0 fully saturated rings. The highest BCUT2D eigenvalue weighted by atomic mass is 32.2. The molecule has 1 aromatic carbocycles. The second kappa shape index (κ2) is 7.06. The summed E-state index contributed by atoms with van der Waals surface area (Å²) in [4.78, 5) is 11.3. The third-order valence-corrected chi connectivity index (χ3v) is 3.04. The van der Waals surface area contributed by atoms with Crippen molar-refractivity contribution in [1.82, 2.24) is 5.32 Å². The molecule has 1 atom stereocenters. The van der Waals surface area contributed by atoms with Gasteiger partial charge in [0, 0.05) is 11.7 Å². The maximum absolute atomic E-state index is 11.3. The number of carbonyl (C=O) groups excluding carboxylic acids is 1. The van der Waals surface area contributed by atoms with Crippen molar-refractivity contribution < 1.29 is 13.2 Å². The first kappa shape index (κ1) is 15.4. The van der Waals surface area contributed by atoms with E-state index in [4.69, 9.17) is 5.73 Å². The molecule has 19 heavy (non-hydrogen) atoms. The Morgan fingerprint density at radius 1 is 1.37 bits per heavy atom. The molecule has 0 aliphatic carbocycles. The molecule has 5 nitrogen and oxygen atoms in total. The van der Waals surface area contributed by atoms with E-state index in [2.05, 4.69) is 5.32 Å². The Balaban J connectivity index is 2.80. The summed E-state index contributed by atoms with van der Waals surface area (Å²) in [6.07, 6.45) is 3.09. The van der Waals surface area contributed by atoms with Gasteiger partial charge in [0.05, 0.1) is 12.6 Å². The summed E-state index contributed by atoms with van der Waals surface area (Å²) in [5.41, 5.74) is 6.24. The van der Waals surface area contributed by atoms with E-state index >= 15 is 0 Å². The first-order valence-electron chi connectivity index (χ1n) is 5.82. The molecule has 3 N–H and O–H groups in total. The highest BCUT2D eigenvalue weighted by Gasteiger charge is 2.10. The lowest BCUT2D eigenvalue weighted by molar-refractivity contribution is -0.120. The molecule has 6 heteroatoms. The molecule has 0 aliphatic heterocycles. The van der Waals surface area contributed by atoms with Crippen LogP contribution in [0.1, 0.15) is 5.56 Å². The van der Waals surface area contributed by atoms with Crippen molar-refractivity contribution in [2.45, 2.75) is 12.5 Å². The van der Waals surface area contributed by atoms with E-state index in [1.54, 1.807) is 0 Å². The van der Waals surface area contributed by atoms with Crippen molar-refractivity contribution in [2.75, 3.05) is 12.8 Å². The van der Waals surface area contributed by atoms with E-state index in [-0.39, 0.29) is 12.5 Å². The quantitative estimate of drug-likeness (QED) is 0.781. The summed E-state index contributed by atoms with van der Waals surface area (Å²) in [6.45, 7) is -0.127. The molecule has 0 heterocycles. The van der Waals surface area contributed by atoms with Crippen molar-refractivity contribution in [3.8, 4) is 0 Å². The molecule has 0 saturated heterocycles. The molecule has 1 unspecified atom stereocenters. The van der Waals surface area contributed by atoms with Gasteiger partial charge in [0.1, 0.15) is 0 Å². The molecule has 0 aliphatic rings. The second-order valence-electron chi connectivity index (χ2n) is 4.23. The predicted molar refractivity (Wildman–Crippen MR) is 75.1 cm³/mol.